The van der Waals surface area contributed by atoms with Gasteiger partial charge in [0, 0.05) is 37.1 Å². The number of nitrogens with one attached hydrogen (secondary N) is 1. The molecule has 0 fully saturated rings. The van der Waals surface area contributed by atoms with Crippen LogP contribution in [0, 0.1) is 6.92 Å². The van der Waals surface area contributed by atoms with Crippen molar-refractivity contribution in [1.29, 1.82) is 0 Å². The lowest BCUT2D eigenvalue weighted by atomic mass is 10.2. The Morgan fingerprint density at radius 3 is 2.68 bits per heavy atom. The van der Waals surface area contributed by atoms with E-state index in [1.165, 1.54) is 16.8 Å². The monoisotopic (exact) mass is 295 g/mol. The molecule has 2 aromatic heterocycles. The Morgan fingerprint density at radius 1 is 1.14 bits per heavy atom. The van der Waals surface area contributed by atoms with Crippen LogP contribution >= 0.6 is 0 Å². The number of imidazole rings is 1. The molecule has 0 aliphatic rings. The van der Waals surface area contributed by atoms with Gasteiger partial charge in [-0.3, -0.25) is 10.00 Å². The Balaban J connectivity index is 1.66. The Labute approximate surface area is 130 Å². The highest BCUT2D eigenvalue weighted by Gasteiger charge is 2.09. The number of H-pyrrole nitrogens is 1. The second-order valence-electron chi connectivity index (χ2n) is 5.69. The predicted molar refractivity (Wildman–Crippen MR) is 86.3 cm³/mol. The minimum Gasteiger partial charge on any atom is -0.329 e. The van der Waals surface area contributed by atoms with E-state index in [9.17, 15) is 0 Å². The van der Waals surface area contributed by atoms with Crippen molar-refractivity contribution in [2.45, 2.75) is 26.6 Å². The van der Waals surface area contributed by atoms with Crippen molar-refractivity contribution in [2.75, 3.05) is 7.05 Å². The van der Waals surface area contributed by atoms with Crippen LogP contribution in [0.25, 0.3) is 0 Å². The summed E-state index contributed by atoms with van der Waals surface area (Å²) < 4.78 is 2.20. The topological polar surface area (TPSA) is 49.7 Å². The molecule has 0 radical (unpaired) electrons. The van der Waals surface area contributed by atoms with Gasteiger partial charge in [-0.1, -0.05) is 30.3 Å². The van der Waals surface area contributed by atoms with Crippen molar-refractivity contribution >= 4 is 0 Å². The van der Waals surface area contributed by atoms with Gasteiger partial charge < -0.3 is 4.57 Å². The first-order valence-electron chi connectivity index (χ1n) is 7.42. The molecule has 3 rings (SSSR count). The number of hydrogen-bond acceptors (Lipinski definition) is 3. The molecule has 0 bridgehead atoms. The molecule has 0 spiro atoms. The largest absolute Gasteiger partial charge is 0.329 e. The van der Waals surface area contributed by atoms with E-state index >= 15 is 0 Å². The molecule has 0 amide bonds. The standard InChI is InChI=1S/C17H21N5/c1-14-16(8-19-20-14)11-21(2)12-17-9-18-13-22(17)10-15-6-4-3-5-7-15/h3-9,13H,10-12H2,1-2H3,(H,19,20). The average molecular weight is 295 g/mol. The van der Waals surface area contributed by atoms with Gasteiger partial charge in [-0.25, -0.2) is 4.98 Å². The normalized spacial score (nSPS) is 11.2. The minimum atomic E-state index is 0.856. The van der Waals surface area contributed by atoms with Gasteiger partial charge >= 0.3 is 0 Å². The first kappa shape index (κ1) is 14.5. The molecule has 22 heavy (non-hydrogen) atoms. The van der Waals surface area contributed by atoms with Gasteiger partial charge in [0.2, 0.25) is 0 Å². The highest BCUT2D eigenvalue weighted by atomic mass is 15.2. The first-order chi connectivity index (χ1) is 10.7. The van der Waals surface area contributed by atoms with E-state index in [2.05, 4.69) is 62.9 Å². The number of aryl methyl sites for hydroxylation is 1. The van der Waals surface area contributed by atoms with E-state index in [1.54, 1.807) is 0 Å². The van der Waals surface area contributed by atoms with Crippen molar-refractivity contribution in [2.24, 2.45) is 0 Å². The van der Waals surface area contributed by atoms with Gasteiger partial charge in [0.1, 0.15) is 0 Å². The summed E-state index contributed by atoms with van der Waals surface area (Å²) in [4.78, 5) is 6.58. The van der Waals surface area contributed by atoms with Crippen LogP contribution < -0.4 is 0 Å². The van der Waals surface area contributed by atoms with E-state index < -0.39 is 0 Å². The molecule has 2 heterocycles. The van der Waals surface area contributed by atoms with Crippen molar-refractivity contribution in [3.05, 3.63) is 71.6 Å². The minimum absolute atomic E-state index is 0.856. The molecule has 0 aliphatic heterocycles. The van der Waals surface area contributed by atoms with Gasteiger partial charge in [0.05, 0.1) is 18.2 Å². The fourth-order valence-corrected chi connectivity index (χ4v) is 2.56. The summed E-state index contributed by atoms with van der Waals surface area (Å²) in [5.74, 6) is 0. The molecule has 114 valence electrons. The Bertz CT molecular complexity index is 713. The van der Waals surface area contributed by atoms with Crippen LogP contribution in [0.5, 0.6) is 0 Å². The van der Waals surface area contributed by atoms with E-state index in [0.717, 1.165) is 25.3 Å². The summed E-state index contributed by atoms with van der Waals surface area (Å²) in [5, 5.41) is 7.06. The van der Waals surface area contributed by atoms with Gasteiger partial charge in [-0.2, -0.15) is 5.10 Å². The molecule has 1 aromatic carbocycles. The molecule has 0 saturated heterocycles. The van der Waals surface area contributed by atoms with Crippen LogP contribution in [0.1, 0.15) is 22.5 Å². The number of aromatic amines is 1. The van der Waals surface area contributed by atoms with Crippen LogP contribution in [-0.2, 0) is 19.6 Å². The van der Waals surface area contributed by atoms with Crippen LogP contribution in [0.4, 0.5) is 0 Å². The molecule has 0 atom stereocenters. The molecular weight excluding hydrogens is 274 g/mol. The Hall–Kier alpha value is -2.40. The predicted octanol–water partition coefficient (Wildman–Crippen LogP) is 2.59. The summed E-state index contributed by atoms with van der Waals surface area (Å²) in [5.41, 5.74) is 4.86. The molecule has 1 N–H and O–H groups in total. The fourth-order valence-electron chi connectivity index (χ4n) is 2.56. The van der Waals surface area contributed by atoms with Crippen molar-refractivity contribution < 1.29 is 0 Å². The van der Waals surface area contributed by atoms with Crippen LogP contribution in [0.2, 0.25) is 0 Å². The van der Waals surface area contributed by atoms with Crippen LogP contribution in [0.15, 0.2) is 49.1 Å². The third-order valence-electron chi connectivity index (χ3n) is 3.80. The van der Waals surface area contributed by atoms with Gasteiger partial charge in [0.25, 0.3) is 0 Å². The number of aromatic nitrogens is 4. The van der Waals surface area contributed by atoms with Gasteiger partial charge in [-0.15, -0.1) is 0 Å². The molecule has 0 unspecified atom stereocenters. The maximum atomic E-state index is 4.30. The molecular formula is C17H21N5. The molecule has 3 aromatic rings. The zero-order valence-electron chi connectivity index (χ0n) is 13.0. The Morgan fingerprint density at radius 2 is 1.95 bits per heavy atom. The summed E-state index contributed by atoms with van der Waals surface area (Å²) in [6, 6.07) is 10.5. The number of rotatable bonds is 6. The quantitative estimate of drug-likeness (QED) is 0.760. The molecule has 0 saturated carbocycles. The zero-order chi connectivity index (χ0) is 15.4. The third-order valence-corrected chi connectivity index (χ3v) is 3.80. The van der Waals surface area contributed by atoms with Gasteiger partial charge in [0.15, 0.2) is 0 Å². The van der Waals surface area contributed by atoms with Crippen molar-refractivity contribution in [3.8, 4) is 0 Å². The molecule has 5 heteroatoms. The molecule has 0 aliphatic carbocycles. The van der Waals surface area contributed by atoms with E-state index in [4.69, 9.17) is 0 Å². The second-order valence-corrected chi connectivity index (χ2v) is 5.69. The SMILES string of the molecule is Cc1[nH]ncc1CN(C)Cc1cncn1Cc1ccccc1. The number of hydrogen-bond donors (Lipinski definition) is 1. The fraction of sp³-hybridized carbons (Fsp3) is 0.294. The van der Waals surface area contributed by atoms with E-state index in [-0.39, 0.29) is 0 Å². The lowest BCUT2D eigenvalue weighted by Gasteiger charge is -2.17. The molecule has 5 nitrogen and oxygen atoms in total. The summed E-state index contributed by atoms with van der Waals surface area (Å²) >= 11 is 0. The van der Waals surface area contributed by atoms with Crippen molar-refractivity contribution in [3.63, 3.8) is 0 Å². The lowest BCUT2D eigenvalue weighted by molar-refractivity contribution is 0.310. The summed E-state index contributed by atoms with van der Waals surface area (Å²) in [6.45, 7) is 4.64. The smallest absolute Gasteiger partial charge is 0.0951 e. The third kappa shape index (κ3) is 3.43. The van der Waals surface area contributed by atoms with E-state index in [0.29, 0.717) is 0 Å². The number of nitrogens with zero attached hydrogens (tertiary/aromatic N) is 4. The maximum absolute atomic E-state index is 4.30. The highest BCUT2D eigenvalue weighted by Crippen LogP contribution is 2.11. The zero-order valence-corrected chi connectivity index (χ0v) is 13.0. The summed E-state index contributed by atoms with van der Waals surface area (Å²) in [6.07, 6.45) is 5.74. The van der Waals surface area contributed by atoms with E-state index in [1.807, 2.05) is 24.8 Å². The highest BCUT2D eigenvalue weighted by molar-refractivity contribution is 5.17. The van der Waals surface area contributed by atoms with Crippen LogP contribution in [-0.4, -0.2) is 31.7 Å². The first-order valence-corrected chi connectivity index (χ1v) is 7.42. The average Bonchev–Trinajstić information content (AvgIpc) is 3.10. The number of benzene rings is 1. The summed E-state index contributed by atoms with van der Waals surface area (Å²) in [7, 11) is 2.12. The van der Waals surface area contributed by atoms with Gasteiger partial charge in [-0.05, 0) is 19.5 Å². The van der Waals surface area contributed by atoms with Crippen molar-refractivity contribution in [1.82, 2.24) is 24.6 Å². The lowest BCUT2D eigenvalue weighted by Crippen LogP contribution is -2.19. The van der Waals surface area contributed by atoms with Crippen LogP contribution in [0.3, 0.4) is 0 Å². The Kier molecular flexibility index (Phi) is 4.34. The second kappa shape index (κ2) is 6.58. The maximum Gasteiger partial charge on any atom is 0.0951 e.